The summed E-state index contributed by atoms with van der Waals surface area (Å²) in [5.74, 6) is -0.984. The number of carbonyl (C=O) groups is 1. The van der Waals surface area contributed by atoms with Crippen molar-refractivity contribution in [2.24, 2.45) is 0 Å². The molecule has 0 aliphatic carbocycles. The molecule has 1 atom stereocenters. The van der Waals surface area contributed by atoms with Gasteiger partial charge in [-0.2, -0.15) is 0 Å². The largest absolute Gasteiger partial charge is 0.480 e. The number of aliphatic hydroxyl groups is 1. The molecule has 0 saturated carbocycles. The fourth-order valence-corrected chi connectivity index (χ4v) is 1.34. The zero-order valence-corrected chi connectivity index (χ0v) is 9.50. The molecule has 1 aromatic rings. The van der Waals surface area contributed by atoms with Crippen LogP contribution in [0, 0.1) is 0 Å². The predicted octanol–water partition coefficient (Wildman–Crippen LogP) is 0.586. The number of nitrogens with one attached hydrogen (secondary N) is 1. The van der Waals surface area contributed by atoms with Gasteiger partial charge >= 0.3 is 5.97 Å². The lowest BCUT2D eigenvalue weighted by atomic mass is 10.2. The molecule has 5 nitrogen and oxygen atoms in total. The lowest BCUT2D eigenvalue weighted by molar-refractivity contribution is -0.140. The van der Waals surface area contributed by atoms with Gasteiger partial charge in [-0.1, -0.05) is 30.3 Å². The van der Waals surface area contributed by atoms with E-state index >= 15 is 0 Å². The van der Waals surface area contributed by atoms with Gasteiger partial charge in [-0.05, 0) is 12.0 Å². The Bertz CT molecular complexity index is 329. The van der Waals surface area contributed by atoms with Crippen molar-refractivity contribution < 1.29 is 19.7 Å². The van der Waals surface area contributed by atoms with Crippen LogP contribution in [-0.4, -0.2) is 35.6 Å². The lowest BCUT2D eigenvalue weighted by Crippen LogP contribution is -2.38. The third-order valence-corrected chi connectivity index (χ3v) is 2.26. The van der Waals surface area contributed by atoms with Crippen molar-refractivity contribution in [2.75, 3.05) is 13.3 Å². The van der Waals surface area contributed by atoms with Gasteiger partial charge in [0, 0.05) is 6.61 Å². The average Bonchev–Trinajstić information content (AvgIpc) is 2.34. The predicted molar refractivity (Wildman–Crippen MR) is 62.4 cm³/mol. The third kappa shape index (κ3) is 5.44. The SMILES string of the molecule is O=C(O)[C@@H](CCO)NCOCc1ccccc1. The van der Waals surface area contributed by atoms with E-state index in [2.05, 4.69) is 5.32 Å². The van der Waals surface area contributed by atoms with Crippen LogP contribution in [0.3, 0.4) is 0 Å². The van der Waals surface area contributed by atoms with Crippen LogP contribution in [0.2, 0.25) is 0 Å². The fourth-order valence-electron chi connectivity index (χ4n) is 1.34. The zero-order chi connectivity index (χ0) is 12.5. The van der Waals surface area contributed by atoms with Gasteiger partial charge < -0.3 is 14.9 Å². The molecule has 0 spiro atoms. The highest BCUT2D eigenvalue weighted by molar-refractivity contribution is 5.73. The van der Waals surface area contributed by atoms with Crippen LogP contribution in [0.15, 0.2) is 30.3 Å². The van der Waals surface area contributed by atoms with E-state index in [-0.39, 0.29) is 19.8 Å². The van der Waals surface area contributed by atoms with Gasteiger partial charge in [0.25, 0.3) is 0 Å². The van der Waals surface area contributed by atoms with Gasteiger partial charge in [0.2, 0.25) is 0 Å². The van der Waals surface area contributed by atoms with Crippen molar-refractivity contribution in [3.8, 4) is 0 Å². The number of hydrogen-bond acceptors (Lipinski definition) is 4. The van der Waals surface area contributed by atoms with Crippen LogP contribution in [0.5, 0.6) is 0 Å². The molecule has 0 aliphatic heterocycles. The molecule has 0 heterocycles. The van der Waals surface area contributed by atoms with Crippen LogP contribution in [0.1, 0.15) is 12.0 Å². The Morgan fingerprint density at radius 3 is 2.65 bits per heavy atom. The van der Waals surface area contributed by atoms with Gasteiger partial charge in [-0.15, -0.1) is 0 Å². The number of carboxylic acids is 1. The quantitative estimate of drug-likeness (QED) is 0.457. The standard InChI is InChI=1S/C12H17NO4/c14-7-6-11(12(15)16)13-9-17-8-10-4-2-1-3-5-10/h1-5,11,13-14H,6-9H2,(H,15,16)/t11-/m1/s1. The van der Waals surface area contributed by atoms with Crippen LogP contribution < -0.4 is 5.32 Å². The number of aliphatic carboxylic acids is 1. The molecule has 0 bridgehead atoms. The molecule has 5 heteroatoms. The third-order valence-electron chi connectivity index (χ3n) is 2.26. The first-order chi connectivity index (χ1) is 8.24. The van der Waals surface area contributed by atoms with Gasteiger partial charge in [0.1, 0.15) is 6.04 Å². The summed E-state index contributed by atoms with van der Waals surface area (Å²) in [5.41, 5.74) is 1.03. The minimum absolute atomic E-state index is 0.145. The Morgan fingerprint density at radius 1 is 1.35 bits per heavy atom. The molecule has 0 fully saturated rings. The molecule has 1 rings (SSSR count). The van der Waals surface area contributed by atoms with E-state index in [0.717, 1.165) is 5.56 Å². The average molecular weight is 239 g/mol. The van der Waals surface area contributed by atoms with Crippen molar-refractivity contribution >= 4 is 5.97 Å². The molecular weight excluding hydrogens is 222 g/mol. The molecular formula is C12H17NO4. The summed E-state index contributed by atoms with van der Waals surface area (Å²) in [6.45, 7) is 0.411. The number of benzene rings is 1. The lowest BCUT2D eigenvalue weighted by Gasteiger charge is -2.13. The molecule has 1 aromatic carbocycles. The summed E-state index contributed by atoms with van der Waals surface area (Å²) >= 11 is 0. The Morgan fingerprint density at radius 2 is 2.06 bits per heavy atom. The summed E-state index contributed by atoms with van der Waals surface area (Å²) in [6, 6.07) is 8.85. The summed E-state index contributed by atoms with van der Waals surface area (Å²) in [6.07, 6.45) is 0.171. The number of carboxylic acid groups (broad SMARTS) is 1. The van der Waals surface area contributed by atoms with E-state index in [4.69, 9.17) is 14.9 Å². The van der Waals surface area contributed by atoms with E-state index in [1.165, 1.54) is 0 Å². The molecule has 0 saturated heterocycles. The molecule has 0 amide bonds. The monoisotopic (exact) mass is 239 g/mol. The van der Waals surface area contributed by atoms with E-state index in [1.807, 2.05) is 30.3 Å². The number of hydrogen-bond donors (Lipinski definition) is 3. The molecule has 0 radical (unpaired) electrons. The molecule has 0 aliphatic rings. The van der Waals surface area contributed by atoms with E-state index in [1.54, 1.807) is 0 Å². The Hall–Kier alpha value is -1.43. The van der Waals surface area contributed by atoms with Crippen molar-refractivity contribution in [3.05, 3.63) is 35.9 Å². The molecule has 0 unspecified atom stereocenters. The van der Waals surface area contributed by atoms with E-state index in [0.29, 0.717) is 6.61 Å². The van der Waals surface area contributed by atoms with E-state index in [9.17, 15) is 4.79 Å². The Kier molecular flexibility index (Phi) is 6.24. The van der Waals surface area contributed by atoms with Crippen LogP contribution in [0.4, 0.5) is 0 Å². The number of ether oxygens (including phenoxy) is 1. The van der Waals surface area contributed by atoms with Crippen molar-refractivity contribution in [1.82, 2.24) is 5.32 Å². The highest BCUT2D eigenvalue weighted by Gasteiger charge is 2.15. The maximum atomic E-state index is 10.7. The van der Waals surface area contributed by atoms with Crippen molar-refractivity contribution in [2.45, 2.75) is 19.1 Å². The van der Waals surface area contributed by atoms with Crippen LogP contribution in [-0.2, 0) is 16.1 Å². The Balaban J connectivity index is 2.20. The zero-order valence-electron chi connectivity index (χ0n) is 9.50. The summed E-state index contributed by atoms with van der Waals surface area (Å²) in [7, 11) is 0. The van der Waals surface area contributed by atoms with Crippen LogP contribution >= 0.6 is 0 Å². The normalized spacial score (nSPS) is 12.3. The smallest absolute Gasteiger partial charge is 0.320 e. The van der Waals surface area contributed by atoms with Gasteiger partial charge in [0.15, 0.2) is 0 Å². The highest BCUT2D eigenvalue weighted by Crippen LogP contribution is 2.00. The first kappa shape index (κ1) is 13.6. The Labute approximate surface area is 100 Å². The van der Waals surface area contributed by atoms with E-state index < -0.39 is 12.0 Å². The minimum atomic E-state index is -0.984. The molecule has 3 N–H and O–H groups in total. The van der Waals surface area contributed by atoms with Gasteiger partial charge in [-0.3, -0.25) is 10.1 Å². The molecule has 0 aromatic heterocycles. The van der Waals surface area contributed by atoms with Gasteiger partial charge in [0.05, 0.1) is 13.3 Å². The topological polar surface area (TPSA) is 78.8 Å². The summed E-state index contributed by atoms with van der Waals surface area (Å²) < 4.78 is 5.29. The fraction of sp³-hybridized carbons (Fsp3) is 0.417. The second-order valence-electron chi connectivity index (χ2n) is 3.59. The highest BCUT2D eigenvalue weighted by atomic mass is 16.5. The second-order valence-corrected chi connectivity index (χ2v) is 3.59. The van der Waals surface area contributed by atoms with Crippen molar-refractivity contribution in [3.63, 3.8) is 0 Å². The maximum absolute atomic E-state index is 10.7. The maximum Gasteiger partial charge on any atom is 0.320 e. The number of aliphatic hydroxyl groups excluding tert-OH is 1. The minimum Gasteiger partial charge on any atom is -0.480 e. The van der Waals surface area contributed by atoms with Gasteiger partial charge in [-0.25, -0.2) is 0 Å². The molecule has 17 heavy (non-hydrogen) atoms. The summed E-state index contributed by atoms with van der Waals surface area (Å²) in [5, 5.41) is 20.2. The van der Waals surface area contributed by atoms with Crippen LogP contribution in [0.25, 0.3) is 0 Å². The van der Waals surface area contributed by atoms with Crippen molar-refractivity contribution in [1.29, 1.82) is 0 Å². The number of rotatable bonds is 8. The first-order valence-corrected chi connectivity index (χ1v) is 5.42. The molecule has 94 valence electrons. The summed E-state index contributed by atoms with van der Waals surface area (Å²) in [4.78, 5) is 10.7. The first-order valence-electron chi connectivity index (χ1n) is 5.42. The second kappa shape index (κ2) is 7.78.